The molecule has 1 aromatic rings. The summed E-state index contributed by atoms with van der Waals surface area (Å²) in [6, 6.07) is 5.22. The third kappa shape index (κ3) is 5.99. The molecule has 1 N–H and O–H groups in total. The monoisotopic (exact) mass is 298 g/mol. The minimum absolute atomic E-state index is 0.181. The van der Waals surface area contributed by atoms with Crippen LogP contribution in [0.4, 0.5) is 10.1 Å². The molecule has 0 heterocycles. The molecule has 0 aliphatic rings. The molecule has 4 nitrogen and oxygen atoms in total. The summed E-state index contributed by atoms with van der Waals surface area (Å²) in [4.78, 5) is 2.03. The molecule has 1 rings (SSSR count). The summed E-state index contributed by atoms with van der Waals surface area (Å²) < 4.78 is 24.6. The molecule has 120 valence electrons. The normalized spacial score (nSPS) is 10.9. The maximum absolute atomic E-state index is 14.2. The van der Waals surface area contributed by atoms with Crippen LogP contribution in [-0.4, -0.2) is 46.6 Å². The molecule has 0 amide bonds. The lowest BCUT2D eigenvalue weighted by Gasteiger charge is -2.26. The van der Waals surface area contributed by atoms with Crippen molar-refractivity contribution in [2.45, 2.75) is 20.4 Å². The first kappa shape index (κ1) is 17.9. The SMILES string of the molecule is CCOCCN(CC)c1c(F)cccc1CNCCOC. The van der Waals surface area contributed by atoms with Gasteiger partial charge in [0.2, 0.25) is 0 Å². The summed E-state index contributed by atoms with van der Waals surface area (Å²) in [5.41, 5.74) is 1.63. The molecule has 5 heteroatoms. The molecule has 0 radical (unpaired) electrons. The van der Waals surface area contributed by atoms with Gasteiger partial charge in [0.1, 0.15) is 5.82 Å². The molecule has 0 saturated heterocycles. The Balaban J connectivity index is 2.76. The molecule has 0 aliphatic carbocycles. The first-order valence-electron chi connectivity index (χ1n) is 7.54. The highest BCUT2D eigenvalue weighted by Gasteiger charge is 2.14. The van der Waals surface area contributed by atoms with Gasteiger partial charge in [0.25, 0.3) is 0 Å². The van der Waals surface area contributed by atoms with Crippen LogP contribution < -0.4 is 10.2 Å². The van der Waals surface area contributed by atoms with Gasteiger partial charge in [0.15, 0.2) is 0 Å². The summed E-state index contributed by atoms with van der Waals surface area (Å²) in [5.74, 6) is -0.181. The van der Waals surface area contributed by atoms with Gasteiger partial charge in [-0.25, -0.2) is 4.39 Å². The maximum atomic E-state index is 14.2. The molecule has 0 atom stereocenters. The molecular weight excluding hydrogens is 271 g/mol. The predicted octanol–water partition coefficient (Wildman–Crippen LogP) is 2.42. The number of methoxy groups -OCH3 is 1. The highest BCUT2D eigenvalue weighted by molar-refractivity contribution is 5.54. The summed E-state index contributed by atoms with van der Waals surface area (Å²) >= 11 is 0. The van der Waals surface area contributed by atoms with Crippen molar-refractivity contribution in [1.29, 1.82) is 0 Å². The Morgan fingerprint density at radius 1 is 1.24 bits per heavy atom. The molecule has 1 aromatic carbocycles. The van der Waals surface area contributed by atoms with Crippen LogP contribution in [0, 0.1) is 5.82 Å². The van der Waals surface area contributed by atoms with Crippen LogP contribution in [-0.2, 0) is 16.0 Å². The largest absolute Gasteiger partial charge is 0.383 e. The molecule has 0 spiro atoms. The molecule has 0 fully saturated rings. The quantitative estimate of drug-likeness (QED) is 0.636. The van der Waals surface area contributed by atoms with Crippen LogP contribution in [0.15, 0.2) is 18.2 Å². The Morgan fingerprint density at radius 3 is 2.71 bits per heavy atom. The van der Waals surface area contributed by atoms with E-state index in [0.717, 1.165) is 18.7 Å². The van der Waals surface area contributed by atoms with Crippen molar-refractivity contribution in [2.24, 2.45) is 0 Å². The number of hydrogen-bond acceptors (Lipinski definition) is 4. The van der Waals surface area contributed by atoms with Crippen LogP contribution in [0.5, 0.6) is 0 Å². The maximum Gasteiger partial charge on any atom is 0.146 e. The molecule has 0 aliphatic heterocycles. The van der Waals surface area contributed by atoms with Crippen molar-refractivity contribution in [3.63, 3.8) is 0 Å². The lowest BCUT2D eigenvalue weighted by Crippen LogP contribution is -2.30. The van der Waals surface area contributed by atoms with E-state index in [0.29, 0.717) is 38.6 Å². The van der Waals surface area contributed by atoms with Gasteiger partial charge in [-0.3, -0.25) is 0 Å². The molecule has 21 heavy (non-hydrogen) atoms. The van der Waals surface area contributed by atoms with E-state index in [2.05, 4.69) is 5.32 Å². The van der Waals surface area contributed by atoms with E-state index >= 15 is 0 Å². The second kappa shape index (κ2) is 10.5. The van der Waals surface area contributed by atoms with Crippen LogP contribution in [0.1, 0.15) is 19.4 Å². The van der Waals surface area contributed by atoms with Gasteiger partial charge in [0.05, 0.1) is 18.9 Å². The number of anilines is 1. The lowest BCUT2D eigenvalue weighted by molar-refractivity contribution is 0.154. The van der Waals surface area contributed by atoms with Crippen LogP contribution >= 0.6 is 0 Å². The highest BCUT2D eigenvalue weighted by atomic mass is 19.1. The van der Waals surface area contributed by atoms with Crippen LogP contribution in [0.2, 0.25) is 0 Å². The number of para-hydroxylation sites is 1. The average Bonchev–Trinajstić information content (AvgIpc) is 2.49. The number of likely N-dealkylation sites (N-methyl/N-ethyl adjacent to an activating group) is 1. The van der Waals surface area contributed by atoms with Gasteiger partial charge in [0, 0.05) is 39.9 Å². The summed E-state index contributed by atoms with van der Waals surface area (Å²) in [7, 11) is 1.67. The van der Waals surface area contributed by atoms with E-state index < -0.39 is 0 Å². The standard InChI is InChI=1S/C16H27FN2O2/c1-4-19(10-12-21-5-2)16-14(7-6-8-15(16)17)13-18-9-11-20-3/h6-8,18H,4-5,9-13H2,1-3H3. The second-order valence-electron chi connectivity index (χ2n) is 4.69. The Bertz CT molecular complexity index is 402. The van der Waals surface area contributed by atoms with Gasteiger partial charge in [-0.1, -0.05) is 12.1 Å². The summed E-state index contributed by atoms with van der Waals surface area (Å²) in [6.45, 7) is 8.74. The van der Waals surface area contributed by atoms with Crippen molar-refractivity contribution < 1.29 is 13.9 Å². The molecule has 0 aromatic heterocycles. The van der Waals surface area contributed by atoms with Gasteiger partial charge in [-0.05, 0) is 25.5 Å². The predicted molar refractivity (Wildman–Crippen MR) is 84.4 cm³/mol. The zero-order valence-corrected chi connectivity index (χ0v) is 13.3. The molecule has 0 unspecified atom stereocenters. The van der Waals surface area contributed by atoms with E-state index in [1.165, 1.54) is 6.07 Å². The minimum atomic E-state index is -0.181. The van der Waals surface area contributed by atoms with Crippen LogP contribution in [0.3, 0.4) is 0 Å². The average molecular weight is 298 g/mol. The van der Waals surface area contributed by atoms with E-state index in [1.807, 2.05) is 24.8 Å². The van der Waals surface area contributed by atoms with Gasteiger partial charge < -0.3 is 19.7 Å². The zero-order valence-electron chi connectivity index (χ0n) is 13.3. The fourth-order valence-electron chi connectivity index (χ4n) is 2.20. The Labute approximate surface area is 127 Å². The number of hydrogen-bond donors (Lipinski definition) is 1. The van der Waals surface area contributed by atoms with E-state index in [1.54, 1.807) is 13.2 Å². The third-order valence-corrected chi connectivity index (χ3v) is 3.28. The van der Waals surface area contributed by atoms with Gasteiger partial charge in [-0.15, -0.1) is 0 Å². The van der Waals surface area contributed by atoms with Crippen molar-refractivity contribution in [1.82, 2.24) is 5.32 Å². The summed E-state index contributed by atoms with van der Waals surface area (Å²) in [5, 5.41) is 3.27. The lowest BCUT2D eigenvalue weighted by atomic mass is 10.1. The zero-order chi connectivity index (χ0) is 15.5. The highest BCUT2D eigenvalue weighted by Crippen LogP contribution is 2.24. The fourth-order valence-corrected chi connectivity index (χ4v) is 2.20. The van der Waals surface area contributed by atoms with E-state index in [-0.39, 0.29) is 5.82 Å². The number of nitrogens with one attached hydrogen (secondary N) is 1. The molecular formula is C16H27FN2O2. The van der Waals surface area contributed by atoms with E-state index in [4.69, 9.17) is 9.47 Å². The van der Waals surface area contributed by atoms with Crippen LogP contribution in [0.25, 0.3) is 0 Å². The fraction of sp³-hybridized carbons (Fsp3) is 0.625. The number of rotatable bonds is 11. The van der Waals surface area contributed by atoms with Gasteiger partial charge >= 0.3 is 0 Å². The smallest absolute Gasteiger partial charge is 0.146 e. The Morgan fingerprint density at radius 2 is 2.05 bits per heavy atom. The first-order chi connectivity index (χ1) is 10.2. The summed E-state index contributed by atoms with van der Waals surface area (Å²) in [6.07, 6.45) is 0. The Kier molecular flexibility index (Phi) is 8.98. The number of nitrogens with zero attached hydrogens (tertiary/aromatic N) is 1. The van der Waals surface area contributed by atoms with Gasteiger partial charge in [-0.2, -0.15) is 0 Å². The topological polar surface area (TPSA) is 33.7 Å². The number of benzene rings is 1. The minimum Gasteiger partial charge on any atom is -0.383 e. The first-order valence-corrected chi connectivity index (χ1v) is 7.54. The third-order valence-electron chi connectivity index (χ3n) is 3.28. The number of ether oxygens (including phenoxy) is 2. The van der Waals surface area contributed by atoms with Crippen molar-refractivity contribution in [3.8, 4) is 0 Å². The van der Waals surface area contributed by atoms with Crippen molar-refractivity contribution >= 4 is 5.69 Å². The van der Waals surface area contributed by atoms with Crippen molar-refractivity contribution in [2.75, 3.05) is 51.5 Å². The molecule has 0 saturated carbocycles. The van der Waals surface area contributed by atoms with E-state index in [9.17, 15) is 4.39 Å². The van der Waals surface area contributed by atoms with Crippen molar-refractivity contribution in [3.05, 3.63) is 29.6 Å². The number of halogens is 1. The second-order valence-corrected chi connectivity index (χ2v) is 4.69. The Hall–Kier alpha value is -1.17. The molecule has 0 bridgehead atoms.